The monoisotopic (exact) mass is 269 g/mol. The first kappa shape index (κ1) is 12.1. The molecular formula is C11H11NO3S2. The highest BCUT2D eigenvalue weighted by Crippen LogP contribution is 2.22. The van der Waals surface area contributed by atoms with E-state index in [1.54, 1.807) is 35.7 Å². The van der Waals surface area contributed by atoms with Gasteiger partial charge in [0.2, 0.25) is 0 Å². The van der Waals surface area contributed by atoms with Gasteiger partial charge in [0, 0.05) is 5.56 Å². The molecule has 2 aromatic rings. The molecule has 0 amide bonds. The summed E-state index contributed by atoms with van der Waals surface area (Å²) in [5.41, 5.74) is 0.955. The van der Waals surface area contributed by atoms with E-state index in [2.05, 4.69) is 4.72 Å². The molecule has 17 heavy (non-hydrogen) atoms. The van der Waals surface area contributed by atoms with Gasteiger partial charge in [-0.2, -0.15) is 0 Å². The Balaban J connectivity index is 2.33. The van der Waals surface area contributed by atoms with Crippen molar-refractivity contribution in [3.8, 4) is 0 Å². The molecule has 2 N–H and O–H groups in total. The summed E-state index contributed by atoms with van der Waals surface area (Å²) in [5.74, 6) is 0. The molecule has 1 aromatic heterocycles. The average molecular weight is 269 g/mol. The molecule has 0 aliphatic heterocycles. The standard InChI is InChI=1S/C11H11NO3S2/c13-8-9-4-1-2-5-10(9)12-17(14,15)11-6-3-7-16-11/h1-7,12-13H,8H2. The van der Waals surface area contributed by atoms with E-state index in [-0.39, 0.29) is 10.8 Å². The minimum absolute atomic E-state index is 0.205. The van der Waals surface area contributed by atoms with Crippen LogP contribution in [-0.4, -0.2) is 13.5 Å². The summed E-state index contributed by atoms with van der Waals surface area (Å²) in [6.45, 7) is -0.205. The molecule has 0 spiro atoms. The molecular weight excluding hydrogens is 258 g/mol. The Morgan fingerprint density at radius 2 is 1.94 bits per heavy atom. The van der Waals surface area contributed by atoms with Gasteiger partial charge in [0.25, 0.3) is 10.0 Å². The molecule has 4 nitrogen and oxygen atoms in total. The predicted molar refractivity (Wildman–Crippen MR) is 67.5 cm³/mol. The first-order chi connectivity index (χ1) is 8.13. The van der Waals surface area contributed by atoms with Crippen molar-refractivity contribution in [2.24, 2.45) is 0 Å². The smallest absolute Gasteiger partial charge is 0.271 e. The van der Waals surface area contributed by atoms with Crippen LogP contribution in [0, 0.1) is 0 Å². The maximum Gasteiger partial charge on any atom is 0.271 e. The number of benzene rings is 1. The molecule has 90 valence electrons. The third-order valence-corrected chi connectivity index (χ3v) is 4.95. The lowest BCUT2D eigenvalue weighted by atomic mass is 10.2. The second-order valence-corrected chi connectivity index (χ2v) is 6.21. The van der Waals surface area contributed by atoms with Crippen molar-refractivity contribution >= 4 is 27.0 Å². The van der Waals surface area contributed by atoms with Gasteiger partial charge in [-0.1, -0.05) is 24.3 Å². The van der Waals surface area contributed by atoms with Crippen molar-refractivity contribution in [2.45, 2.75) is 10.8 Å². The SMILES string of the molecule is O=S(=O)(Nc1ccccc1CO)c1cccs1. The molecule has 1 heterocycles. The Bertz CT molecular complexity index is 591. The molecule has 0 aliphatic rings. The third-order valence-electron chi connectivity index (χ3n) is 2.19. The van der Waals surface area contributed by atoms with Crippen LogP contribution in [0.15, 0.2) is 46.0 Å². The highest BCUT2D eigenvalue weighted by molar-refractivity contribution is 7.94. The van der Waals surface area contributed by atoms with E-state index in [0.29, 0.717) is 11.3 Å². The number of hydrogen-bond acceptors (Lipinski definition) is 4. The molecule has 0 aliphatic carbocycles. The van der Waals surface area contributed by atoms with Gasteiger partial charge in [-0.15, -0.1) is 11.3 Å². The quantitative estimate of drug-likeness (QED) is 0.892. The molecule has 0 unspecified atom stereocenters. The Hall–Kier alpha value is -1.37. The number of thiophene rings is 1. The van der Waals surface area contributed by atoms with E-state index >= 15 is 0 Å². The second kappa shape index (κ2) is 4.87. The maximum absolute atomic E-state index is 11.9. The largest absolute Gasteiger partial charge is 0.392 e. The van der Waals surface area contributed by atoms with Gasteiger partial charge in [0.15, 0.2) is 0 Å². The molecule has 2 rings (SSSR count). The van der Waals surface area contributed by atoms with Gasteiger partial charge in [0.1, 0.15) is 4.21 Å². The summed E-state index contributed by atoms with van der Waals surface area (Å²) < 4.78 is 26.6. The van der Waals surface area contributed by atoms with Crippen LogP contribution in [0.25, 0.3) is 0 Å². The van der Waals surface area contributed by atoms with Gasteiger partial charge < -0.3 is 5.11 Å². The van der Waals surface area contributed by atoms with Crippen LogP contribution in [-0.2, 0) is 16.6 Å². The van der Waals surface area contributed by atoms with Crippen LogP contribution in [0.3, 0.4) is 0 Å². The zero-order valence-corrected chi connectivity index (χ0v) is 10.5. The topological polar surface area (TPSA) is 66.4 Å². The van der Waals surface area contributed by atoms with Crippen molar-refractivity contribution in [3.63, 3.8) is 0 Å². The van der Waals surface area contributed by atoms with Gasteiger partial charge in [-0.3, -0.25) is 4.72 Å². The molecule has 0 fully saturated rings. The molecule has 0 saturated carbocycles. The van der Waals surface area contributed by atoms with Gasteiger partial charge in [-0.05, 0) is 17.5 Å². The molecule has 0 atom stereocenters. The Labute approximate surface area is 104 Å². The van der Waals surface area contributed by atoms with Crippen molar-refractivity contribution < 1.29 is 13.5 Å². The third kappa shape index (κ3) is 2.66. The summed E-state index contributed by atoms with van der Waals surface area (Å²) in [6.07, 6.45) is 0. The Morgan fingerprint density at radius 3 is 2.59 bits per heavy atom. The number of hydrogen-bond donors (Lipinski definition) is 2. The summed E-state index contributed by atoms with van der Waals surface area (Å²) in [5, 5.41) is 10.8. The highest BCUT2D eigenvalue weighted by atomic mass is 32.2. The van der Waals surface area contributed by atoms with Crippen LogP contribution < -0.4 is 4.72 Å². The van der Waals surface area contributed by atoms with Crippen LogP contribution in [0.1, 0.15) is 5.56 Å². The first-order valence-corrected chi connectivity index (χ1v) is 7.25. The number of aliphatic hydroxyl groups excluding tert-OH is 1. The van der Waals surface area contributed by atoms with Gasteiger partial charge >= 0.3 is 0 Å². The lowest BCUT2D eigenvalue weighted by Gasteiger charge is -2.09. The average Bonchev–Trinajstić information content (AvgIpc) is 2.83. The van der Waals surface area contributed by atoms with Crippen molar-refractivity contribution in [1.29, 1.82) is 0 Å². The number of para-hydroxylation sites is 1. The van der Waals surface area contributed by atoms with Gasteiger partial charge in [0.05, 0.1) is 12.3 Å². The van der Waals surface area contributed by atoms with Crippen LogP contribution >= 0.6 is 11.3 Å². The number of aliphatic hydroxyl groups is 1. The fourth-order valence-corrected chi connectivity index (χ4v) is 3.46. The van der Waals surface area contributed by atoms with E-state index in [1.165, 1.54) is 6.07 Å². The summed E-state index contributed by atoms with van der Waals surface area (Å²) >= 11 is 1.15. The van der Waals surface area contributed by atoms with E-state index < -0.39 is 10.0 Å². The number of rotatable bonds is 4. The normalized spacial score (nSPS) is 11.4. The van der Waals surface area contributed by atoms with Crippen LogP contribution in [0.4, 0.5) is 5.69 Å². The number of anilines is 1. The fourth-order valence-electron chi connectivity index (χ4n) is 1.37. The van der Waals surface area contributed by atoms with E-state index in [4.69, 9.17) is 5.11 Å². The van der Waals surface area contributed by atoms with Crippen LogP contribution in [0.5, 0.6) is 0 Å². The number of sulfonamides is 1. The molecule has 0 bridgehead atoms. The Kier molecular flexibility index (Phi) is 3.46. The van der Waals surface area contributed by atoms with Crippen LogP contribution in [0.2, 0.25) is 0 Å². The van der Waals surface area contributed by atoms with Crippen molar-refractivity contribution in [1.82, 2.24) is 0 Å². The summed E-state index contributed by atoms with van der Waals surface area (Å²) in [4.78, 5) is 0. The molecule has 6 heteroatoms. The zero-order valence-electron chi connectivity index (χ0n) is 8.83. The second-order valence-electron chi connectivity index (χ2n) is 3.35. The van der Waals surface area contributed by atoms with Gasteiger partial charge in [-0.25, -0.2) is 8.42 Å². The zero-order chi connectivity index (χ0) is 12.3. The summed E-state index contributed by atoms with van der Waals surface area (Å²) in [6, 6.07) is 9.97. The minimum Gasteiger partial charge on any atom is -0.392 e. The van der Waals surface area contributed by atoms with Crippen molar-refractivity contribution in [3.05, 3.63) is 47.3 Å². The maximum atomic E-state index is 11.9. The lowest BCUT2D eigenvalue weighted by Crippen LogP contribution is -2.12. The molecule has 1 aromatic carbocycles. The predicted octanol–water partition coefficient (Wildman–Crippen LogP) is 2.04. The molecule has 0 radical (unpaired) electrons. The lowest BCUT2D eigenvalue weighted by molar-refractivity contribution is 0.282. The highest BCUT2D eigenvalue weighted by Gasteiger charge is 2.16. The Morgan fingerprint density at radius 1 is 1.18 bits per heavy atom. The minimum atomic E-state index is -3.55. The fraction of sp³-hybridized carbons (Fsp3) is 0.0909. The van der Waals surface area contributed by atoms with Crippen molar-refractivity contribution in [2.75, 3.05) is 4.72 Å². The number of nitrogens with one attached hydrogen (secondary N) is 1. The van der Waals surface area contributed by atoms with E-state index in [1.807, 2.05) is 0 Å². The summed E-state index contributed by atoms with van der Waals surface area (Å²) in [7, 11) is -3.55. The molecule has 0 saturated heterocycles. The van der Waals surface area contributed by atoms with E-state index in [0.717, 1.165) is 11.3 Å². The van der Waals surface area contributed by atoms with E-state index in [9.17, 15) is 8.42 Å². The first-order valence-electron chi connectivity index (χ1n) is 4.88.